The molecule has 1 saturated carbocycles. The summed E-state index contributed by atoms with van der Waals surface area (Å²) in [7, 11) is 0. The van der Waals surface area contributed by atoms with Gasteiger partial charge in [-0.1, -0.05) is 12.8 Å². The maximum Gasteiger partial charge on any atom is 0.226 e. The van der Waals surface area contributed by atoms with Crippen molar-refractivity contribution in [1.29, 1.82) is 0 Å². The molecule has 2 aliphatic rings. The smallest absolute Gasteiger partial charge is 0.226 e. The highest BCUT2D eigenvalue weighted by atomic mass is 16.2. The highest BCUT2D eigenvalue weighted by molar-refractivity contribution is 5.91. The average Bonchev–Trinajstić information content (AvgIpc) is 3.17. The van der Waals surface area contributed by atoms with Gasteiger partial charge in [-0.3, -0.25) is 9.59 Å². The van der Waals surface area contributed by atoms with Crippen molar-refractivity contribution in [3.05, 3.63) is 24.3 Å². The van der Waals surface area contributed by atoms with Gasteiger partial charge in [0.2, 0.25) is 11.8 Å². The topological polar surface area (TPSA) is 52.7 Å². The number of hydrogen-bond donors (Lipinski definition) is 1. The molecule has 2 fully saturated rings. The number of rotatable bonds is 6. The molecular weight excluding hydrogens is 326 g/mol. The molecule has 1 aliphatic heterocycles. The van der Waals surface area contributed by atoms with Gasteiger partial charge in [-0.05, 0) is 56.4 Å². The van der Waals surface area contributed by atoms with E-state index in [-0.39, 0.29) is 11.8 Å². The lowest BCUT2D eigenvalue weighted by Crippen LogP contribution is -2.39. The van der Waals surface area contributed by atoms with Crippen LogP contribution in [0.1, 0.15) is 58.3 Å². The van der Waals surface area contributed by atoms with E-state index in [1.807, 2.05) is 17.0 Å². The highest BCUT2D eigenvalue weighted by Gasteiger charge is 2.24. The van der Waals surface area contributed by atoms with Crippen LogP contribution in [0.2, 0.25) is 0 Å². The number of anilines is 2. The summed E-state index contributed by atoms with van der Waals surface area (Å²) in [5.41, 5.74) is 2.05. The van der Waals surface area contributed by atoms with Crippen LogP contribution in [0.3, 0.4) is 0 Å². The molecule has 142 valence electrons. The van der Waals surface area contributed by atoms with Gasteiger partial charge in [-0.2, -0.15) is 0 Å². The fourth-order valence-electron chi connectivity index (χ4n) is 4.17. The monoisotopic (exact) mass is 357 g/mol. The Labute approximate surface area is 156 Å². The zero-order valence-corrected chi connectivity index (χ0v) is 15.9. The Bertz CT molecular complexity index is 602. The molecule has 5 nitrogen and oxygen atoms in total. The lowest BCUT2D eigenvalue weighted by Gasteiger charge is -2.29. The Balaban J connectivity index is 1.48. The minimum absolute atomic E-state index is 0.0278. The number of nitrogens with one attached hydrogen (secondary N) is 1. The summed E-state index contributed by atoms with van der Waals surface area (Å²) in [5, 5.41) is 2.96. The minimum Gasteiger partial charge on any atom is -0.372 e. The molecule has 1 N–H and O–H groups in total. The van der Waals surface area contributed by atoms with Gasteiger partial charge in [0.1, 0.15) is 0 Å². The van der Waals surface area contributed by atoms with E-state index >= 15 is 0 Å². The van der Waals surface area contributed by atoms with Gasteiger partial charge in [0.05, 0.1) is 0 Å². The van der Waals surface area contributed by atoms with E-state index in [1.54, 1.807) is 6.92 Å². The number of hydrogen-bond acceptors (Lipinski definition) is 3. The van der Waals surface area contributed by atoms with Crippen molar-refractivity contribution in [3.8, 4) is 0 Å². The second kappa shape index (κ2) is 9.06. The van der Waals surface area contributed by atoms with Gasteiger partial charge in [0, 0.05) is 50.4 Å². The maximum absolute atomic E-state index is 12.3. The van der Waals surface area contributed by atoms with E-state index in [1.165, 1.54) is 37.8 Å². The van der Waals surface area contributed by atoms with Crippen molar-refractivity contribution in [2.45, 2.75) is 64.3 Å². The lowest BCUT2D eigenvalue weighted by atomic mass is 10.1. The van der Waals surface area contributed by atoms with Crippen LogP contribution in [0.4, 0.5) is 11.4 Å². The van der Waals surface area contributed by atoms with Crippen molar-refractivity contribution < 1.29 is 9.59 Å². The number of carbonyl (C=O) groups is 2. The molecule has 1 aromatic carbocycles. The SMILES string of the molecule is CC(=O)N(CCC(=O)Nc1ccc(N2CCCCC2)cc1)C1CCCC1. The molecule has 26 heavy (non-hydrogen) atoms. The lowest BCUT2D eigenvalue weighted by molar-refractivity contribution is -0.131. The zero-order valence-electron chi connectivity index (χ0n) is 15.9. The van der Waals surface area contributed by atoms with E-state index in [4.69, 9.17) is 0 Å². The predicted octanol–water partition coefficient (Wildman–Crippen LogP) is 3.80. The molecule has 0 unspecified atom stereocenters. The minimum atomic E-state index is -0.0278. The fourth-order valence-corrected chi connectivity index (χ4v) is 4.17. The van der Waals surface area contributed by atoms with Crippen LogP contribution in [0.25, 0.3) is 0 Å². The Kier molecular flexibility index (Phi) is 6.53. The molecule has 1 aromatic rings. The van der Waals surface area contributed by atoms with E-state index in [0.717, 1.165) is 31.6 Å². The summed E-state index contributed by atoms with van der Waals surface area (Å²) < 4.78 is 0. The summed E-state index contributed by atoms with van der Waals surface area (Å²) in [5.74, 6) is 0.0514. The molecule has 0 spiro atoms. The predicted molar refractivity (Wildman–Crippen MR) is 105 cm³/mol. The molecule has 1 saturated heterocycles. The van der Waals surface area contributed by atoms with Gasteiger partial charge in [0.25, 0.3) is 0 Å². The van der Waals surface area contributed by atoms with Crippen LogP contribution in [0, 0.1) is 0 Å². The van der Waals surface area contributed by atoms with Gasteiger partial charge < -0.3 is 15.1 Å². The first-order chi connectivity index (χ1) is 12.6. The van der Waals surface area contributed by atoms with Crippen LogP contribution in [-0.4, -0.2) is 42.4 Å². The van der Waals surface area contributed by atoms with Gasteiger partial charge in [0.15, 0.2) is 0 Å². The first-order valence-electron chi connectivity index (χ1n) is 10.1. The normalized spacial score (nSPS) is 18.0. The average molecular weight is 357 g/mol. The van der Waals surface area contributed by atoms with Crippen molar-refractivity contribution in [3.63, 3.8) is 0 Å². The Morgan fingerprint density at radius 3 is 2.31 bits per heavy atom. The summed E-state index contributed by atoms with van der Waals surface area (Å²) in [6.07, 6.45) is 8.69. The Morgan fingerprint density at radius 2 is 1.69 bits per heavy atom. The molecule has 3 rings (SSSR count). The quantitative estimate of drug-likeness (QED) is 0.842. The summed E-state index contributed by atoms with van der Waals surface area (Å²) >= 11 is 0. The summed E-state index contributed by atoms with van der Waals surface area (Å²) in [6, 6.07) is 8.44. The van der Waals surface area contributed by atoms with Crippen LogP contribution in [0.5, 0.6) is 0 Å². The van der Waals surface area contributed by atoms with Gasteiger partial charge in [-0.25, -0.2) is 0 Å². The van der Waals surface area contributed by atoms with Gasteiger partial charge in [-0.15, -0.1) is 0 Å². The third-order valence-corrected chi connectivity index (χ3v) is 5.62. The van der Waals surface area contributed by atoms with Crippen molar-refractivity contribution in [2.75, 3.05) is 29.9 Å². The third-order valence-electron chi connectivity index (χ3n) is 5.62. The fraction of sp³-hybridized carbons (Fsp3) is 0.619. The molecule has 1 aliphatic carbocycles. The van der Waals surface area contributed by atoms with E-state index < -0.39 is 0 Å². The third kappa shape index (κ3) is 4.99. The second-order valence-electron chi connectivity index (χ2n) is 7.54. The zero-order chi connectivity index (χ0) is 18.4. The number of amides is 2. The first-order valence-corrected chi connectivity index (χ1v) is 10.1. The van der Waals surface area contributed by atoms with E-state index in [9.17, 15) is 9.59 Å². The summed E-state index contributed by atoms with van der Waals surface area (Å²) in [4.78, 5) is 28.4. The standard InChI is InChI=1S/C21H31N3O2/c1-17(25)24(20-7-3-4-8-20)16-13-21(26)22-18-9-11-19(12-10-18)23-14-5-2-6-15-23/h9-12,20H,2-8,13-16H2,1H3,(H,22,26). The molecular formula is C21H31N3O2. The van der Waals surface area contributed by atoms with Crippen LogP contribution >= 0.6 is 0 Å². The second-order valence-corrected chi connectivity index (χ2v) is 7.54. The van der Waals surface area contributed by atoms with Crippen molar-refractivity contribution >= 4 is 23.2 Å². The first kappa shape index (κ1) is 18.7. The van der Waals surface area contributed by atoms with E-state index in [0.29, 0.717) is 19.0 Å². The largest absolute Gasteiger partial charge is 0.372 e. The molecule has 0 bridgehead atoms. The van der Waals surface area contributed by atoms with Crippen molar-refractivity contribution in [1.82, 2.24) is 4.90 Å². The van der Waals surface area contributed by atoms with Crippen LogP contribution in [0.15, 0.2) is 24.3 Å². The molecule has 5 heteroatoms. The number of benzene rings is 1. The Morgan fingerprint density at radius 1 is 1.04 bits per heavy atom. The molecule has 0 aromatic heterocycles. The number of carbonyl (C=O) groups excluding carboxylic acids is 2. The van der Waals surface area contributed by atoms with Gasteiger partial charge >= 0.3 is 0 Å². The number of piperidine rings is 1. The molecule has 1 heterocycles. The molecule has 0 radical (unpaired) electrons. The summed E-state index contributed by atoms with van der Waals surface area (Å²) in [6.45, 7) is 4.36. The highest BCUT2D eigenvalue weighted by Crippen LogP contribution is 2.24. The Hall–Kier alpha value is -2.04. The maximum atomic E-state index is 12.3. The number of nitrogens with zero attached hydrogens (tertiary/aromatic N) is 2. The molecule has 2 amide bonds. The van der Waals surface area contributed by atoms with Crippen LogP contribution in [-0.2, 0) is 9.59 Å². The van der Waals surface area contributed by atoms with Crippen molar-refractivity contribution in [2.24, 2.45) is 0 Å². The molecule has 0 atom stereocenters. The van der Waals surface area contributed by atoms with Crippen LogP contribution < -0.4 is 10.2 Å². The van der Waals surface area contributed by atoms with E-state index in [2.05, 4.69) is 22.3 Å².